The summed E-state index contributed by atoms with van der Waals surface area (Å²) >= 11 is 1.29. The van der Waals surface area contributed by atoms with E-state index in [0.29, 0.717) is 28.7 Å². The smallest absolute Gasteiger partial charge is 0.224 e. The van der Waals surface area contributed by atoms with Crippen LogP contribution >= 0.6 is 11.8 Å². The van der Waals surface area contributed by atoms with Crippen molar-refractivity contribution in [1.82, 2.24) is 14.8 Å². The first-order chi connectivity index (χ1) is 14.0. The number of ketones is 1. The Morgan fingerprint density at radius 3 is 2.41 bits per heavy atom. The summed E-state index contributed by atoms with van der Waals surface area (Å²) in [4.78, 5) is 24.1. The third-order valence-electron chi connectivity index (χ3n) is 4.24. The Balaban J connectivity index is 1.61. The maximum absolute atomic E-state index is 13.1. The molecule has 0 saturated carbocycles. The highest BCUT2D eigenvalue weighted by Crippen LogP contribution is 2.23. The van der Waals surface area contributed by atoms with Gasteiger partial charge in [-0.15, -0.1) is 10.2 Å². The average Bonchev–Trinajstić information content (AvgIpc) is 3.08. The first-order valence-corrected chi connectivity index (χ1v) is 10.2. The number of benzene rings is 2. The highest BCUT2D eigenvalue weighted by Gasteiger charge is 2.14. The number of Topliss-reactive ketones (excluding diaryl/α,β-unsaturated/α-hetero) is 1. The number of anilines is 1. The molecule has 6 nitrogen and oxygen atoms in total. The molecule has 1 heterocycles. The van der Waals surface area contributed by atoms with Gasteiger partial charge in [0.25, 0.3) is 0 Å². The number of amides is 1. The highest BCUT2D eigenvalue weighted by molar-refractivity contribution is 7.99. The van der Waals surface area contributed by atoms with Gasteiger partial charge in [0, 0.05) is 30.3 Å². The van der Waals surface area contributed by atoms with Crippen molar-refractivity contribution >= 4 is 29.1 Å². The summed E-state index contributed by atoms with van der Waals surface area (Å²) in [6.45, 7) is 1.94. The van der Waals surface area contributed by atoms with E-state index < -0.39 is 0 Å². The van der Waals surface area contributed by atoms with Gasteiger partial charge in [0.05, 0.1) is 5.75 Å². The Labute approximate surface area is 172 Å². The molecule has 1 N–H and O–H groups in total. The fourth-order valence-corrected chi connectivity index (χ4v) is 3.50. The largest absolute Gasteiger partial charge is 0.326 e. The Morgan fingerprint density at radius 2 is 1.76 bits per heavy atom. The Hall–Kier alpha value is -3.00. The maximum atomic E-state index is 13.1. The molecule has 8 heteroatoms. The van der Waals surface area contributed by atoms with Gasteiger partial charge in [0.2, 0.25) is 5.91 Å². The van der Waals surface area contributed by atoms with Gasteiger partial charge in [-0.2, -0.15) is 0 Å². The Kier molecular flexibility index (Phi) is 6.77. The van der Waals surface area contributed by atoms with E-state index in [2.05, 4.69) is 15.5 Å². The van der Waals surface area contributed by atoms with Gasteiger partial charge in [0.1, 0.15) is 5.82 Å². The minimum Gasteiger partial charge on any atom is -0.326 e. The SMILES string of the molecule is CCCC(=O)Nc1ccc(C(=O)CSc2nnc(-c3ccc(F)cc3)n2C)cc1. The van der Waals surface area contributed by atoms with Crippen LogP contribution in [0.25, 0.3) is 11.4 Å². The van der Waals surface area contributed by atoms with Gasteiger partial charge in [-0.1, -0.05) is 18.7 Å². The number of rotatable bonds is 8. The zero-order valence-electron chi connectivity index (χ0n) is 16.2. The predicted octanol–water partition coefficient (Wildman–Crippen LogP) is 4.33. The lowest BCUT2D eigenvalue weighted by atomic mass is 10.1. The van der Waals surface area contributed by atoms with Crippen molar-refractivity contribution < 1.29 is 14.0 Å². The number of carbonyl (C=O) groups is 2. The number of carbonyl (C=O) groups excluding carboxylic acids is 2. The molecule has 0 spiro atoms. The molecule has 1 aromatic heterocycles. The Bertz CT molecular complexity index is 1000. The van der Waals surface area contributed by atoms with E-state index in [0.717, 1.165) is 12.0 Å². The normalized spacial score (nSPS) is 10.7. The standard InChI is InChI=1S/C21H21FN4O2S/c1-3-4-19(28)23-17-11-7-14(8-12-17)18(27)13-29-21-25-24-20(26(21)2)15-5-9-16(22)10-6-15/h5-12H,3-4,13H2,1-2H3,(H,23,28). The average molecular weight is 412 g/mol. The lowest BCUT2D eigenvalue weighted by Crippen LogP contribution is -2.11. The molecule has 0 radical (unpaired) electrons. The van der Waals surface area contributed by atoms with Crippen LogP contribution in [0, 0.1) is 5.82 Å². The van der Waals surface area contributed by atoms with E-state index in [4.69, 9.17) is 0 Å². The third-order valence-corrected chi connectivity index (χ3v) is 5.26. The van der Waals surface area contributed by atoms with Gasteiger partial charge in [-0.3, -0.25) is 9.59 Å². The number of aromatic nitrogens is 3. The second-order valence-corrected chi connectivity index (χ2v) is 7.40. The second-order valence-electron chi connectivity index (χ2n) is 6.46. The molecule has 2 aromatic carbocycles. The number of nitrogens with one attached hydrogen (secondary N) is 1. The fourth-order valence-electron chi connectivity index (χ4n) is 2.69. The van der Waals surface area contributed by atoms with E-state index in [-0.39, 0.29) is 23.3 Å². The topological polar surface area (TPSA) is 76.9 Å². The van der Waals surface area contributed by atoms with Crippen molar-refractivity contribution in [2.75, 3.05) is 11.1 Å². The van der Waals surface area contributed by atoms with Crippen molar-refractivity contribution in [3.8, 4) is 11.4 Å². The van der Waals surface area contributed by atoms with Crippen molar-refractivity contribution in [2.24, 2.45) is 7.05 Å². The molecule has 3 aromatic rings. The molecule has 0 aliphatic rings. The van der Waals surface area contributed by atoms with E-state index in [1.165, 1.54) is 23.9 Å². The summed E-state index contributed by atoms with van der Waals surface area (Å²) in [5.41, 5.74) is 1.98. The summed E-state index contributed by atoms with van der Waals surface area (Å²) in [7, 11) is 1.80. The molecule has 29 heavy (non-hydrogen) atoms. The van der Waals surface area contributed by atoms with Gasteiger partial charge in [0.15, 0.2) is 16.8 Å². The lowest BCUT2D eigenvalue weighted by Gasteiger charge is -2.06. The summed E-state index contributed by atoms with van der Waals surface area (Å²) in [6, 6.07) is 12.9. The molecule has 1 amide bonds. The van der Waals surface area contributed by atoms with Gasteiger partial charge >= 0.3 is 0 Å². The van der Waals surface area contributed by atoms with Crippen LogP contribution in [-0.4, -0.2) is 32.2 Å². The number of hydrogen-bond acceptors (Lipinski definition) is 5. The molecule has 0 atom stereocenters. The third kappa shape index (κ3) is 5.29. The van der Waals surface area contributed by atoms with Gasteiger partial charge < -0.3 is 9.88 Å². The van der Waals surface area contributed by atoms with Crippen molar-refractivity contribution in [3.63, 3.8) is 0 Å². The molecule has 0 aliphatic carbocycles. The quantitative estimate of drug-likeness (QED) is 0.440. The molecular weight excluding hydrogens is 391 g/mol. The van der Waals surface area contributed by atoms with Crippen LogP contribution in [0.4, 0.5) is 10.1 Å². The summed E-state index contributed by atoms with van der Waals surface area (Å²) in [6.07, 6.45) is 1.25. The number of halogens is 1. The van der Waals surface area contributed by atoms with Gasteiger partial charge in [-0.25, -0.2) is 4.39 Å². The molecule has 3 rings (SSSR count). The van der Waals surface area contributed by atoms with Crippen LogP contribution < -0.4 is 5.32 Å². The van der Waals surface area contributed by atoms with E-state index in [9.17, 15) is 14.0 Å². The minimum atomic E-state index is -0.313. The molecule has 0 bridgehead atoms. The van der Waals surface area contributed by atoms with Crippen LogP contribution in [0.3, 0.4) is 0 Å². The molecule has 0 aliphatic heterocycles. The molecule has 0 fully saturated rings. The van der Waals surface area contributed by atoms with E-state index >= 15 is 0 Å². The number of hydrogen-bond donors (Lipinski definition) is 1. The van der Waals surface area contributed by atoms with Crippen LogP contribution in [0.1, 0.15) is 30.1 Å². The lowest BCUT2D eigenvalue weighted by molar-refractivity contribution is -0.116. The van der Waals surface area contributed by atoms with Crippen molar-refractivity contribution in [2.45, 2.75) is 24.9 Å². The monoisotopic (exact) mass is 412 g/mol. The predicted molar refractivity (Wildman–Crippen MR) is 111 cm³/mol. The van der Waals surface area contributed by atoms with Crippen molar-refractivity contribution in [3.05, 3.63) is 59.9 Å². The van der Waals surface area contributed by atoms with Crippen LogP contribution in [0.15, 0.2) is 53.7 Å². The fraction of sp³-hybridized carbons (Fsp3) is 0.238. The summed E-state index contributed by atoms with van der Waals surface area (Å²) < 4.78 is 14.9. The highest BCUT2D eigenvalue weighted by atomic mass is 32.2. The molecular formula is C21H21FN4O2S. The zero-order valence-corrected chi connectivity index (χ0v) is 17.0. The number of nitrogens with zero attached hydrogens (tertiary/aromatic N) is 3. The zero-order chi connectivity index (χ0) is 20.8. The van der Waals surface area contributed by atoms with Crippen LogP contribution in [0.2, 0.25) is 0 Å². The van der Waals surface area contributed by atoms with Crippen LogP contribution in [0.5, 0.6) is 0 Å². The maximum Gasteiger partial charge on any atom is 0.224 e. The summed E-state index contributed by atoms with van der Waals surface area (Å²) in [5.74, 6) is 0.407. The van der Waals surface area contributed by atoms with Crippen molar-refractivity contribution in [1.29, 1.82) is 0 Å². The molecule has 150 valence electrons. The number of thioether (sulfide) groups is 1. The summed E-state index contributed by atoms with van der Waals surface area (Å²) in [5, 5.41) is 11.7. The molecule has 0 saturated heterocycles. The minimum absolute atomic E-state index is 0.0404. The van der Waals surface area contributed by atoms with Crippen LogP contribution in [-0.2, 0) is 11.8 Å². The first-order valence-electron chi connectivity index (χ1n) is 9.19. The van der Waals surface area contributed by atoms with Gasteiger partial charge in [-0.05, 0) is 55.0 Å². The first kappa shape index (κ1) is 20.7. The van der Waals surface area contributed by atoms with E-state index in [1.807, 2.05) is 6.92 Å². The second kappa shape index (κ2) is 9.47. The van der Waals surface area contributed by atoms with E-state index in [1.54, 1.807) is 48.0 Å². The molecule has 0 unspecified atom stereocenters. The Morgan fingerprint density at radius 1 is 1.07 bits per heavy atom.